The fourth-order valence-corrected chi connectivity index (χ4v) is 3.64. The minimum absolute atomic E-state index is 0.469. The number of nitriles is 1. The maximum atomic E-state index is 9.54. The molecule has 102 valence electrons. The summed E-state index contributed by atoms with van der Waals surface area (Å²) in [6.07, 6.45) is 5.55. The number of nitrogens with zero attached hydrogens (tertiary/aromatic N) is 2. The molecule has 3 rings (SSSR count). The van der Waals surface area contributed by atoms with Gasteiger partial charge in [0, 0.05) is 16.1 Å². The van der Waals surface area contributed by atoms with Gasteiger partial charge in [-0.05, 0) is 42.7 Å². The van der Waals surface area contributed by atoms with Gasteiger partial charge >= 0.3 is 0 Å². The van der Waals surface area contributed by atoms with Gasteiger partial charge in [0.25, 0.3) is 0 Å². The number of methoxy groups -OCH3 is 1. The number of hydrogen-bond acceptors (Lipinski definition) is 4. The number of aryl methyl sites for hydroxylation is 1. The average Bonchev–Trinajstić information content (AvgIpc) is 2.90. The molecule has 20 heavy (non-hydrogen) atoms. The molecule has 1 aliphatic rings. The number of ether oxygens (including phenoxy) is 1. The summed E-state index contributed by atoms with van der Waals surface area (Å²) < 4.78 is 5.35. The molecule has 0 N–H and O–H groups in total. The normalized spacial score (nSPS) is 14.2. The van der Waals surface area contributed by atoms with E-state index in [0.717, 1.165) is 29.0 Å². The highest BCUT2D eigenvalue weighted by molar-refractivity contribution is 7.13. The van der Waals surface area contributed by atoms with Crippen molar-refractivity contribution in [3.05, 3.63) is 34.3 Å². The van der Waals surface area contributed by atoms with E-state index in [0.29, 0.717) is 11.4 Å². The molecule has 2 aromatic rings. The predicted molar refractivity (Wildman–Crippen MR) is 80.1 cm³/mol. The van der Waals surface area contributed by atoms with E-state index in [-0.39, 0.29) is 0 Å². The minimum Gasteiger partial charge on any atom is -0.480 e. The van der Waals surface area contributed by atoms with Crippen molar-refractivity contribution >= 4 is 11.3 Å². The van der Waals surface area contributed by atoms with Crippen molar-refractivity contribution < 1.29 is 4.74 Å². The van der Waals surface area contributed by atoms with Gasteiger partial charge in [-0.1, -0.05) is 12.5 Å². The van der Waals surface area contributed by atoms with Crippen LogP contribution >= 0.6 is 11.3 Å². The maximum absolute atomic E-state index is 9.54. The second-order valence-electron chi connectivity index (χ2n) is 4.95. The molecule has 0 atom stereocenters. The molecule has 0 saturated carbocycles. The third kappa shape index (κ3) is 2.19. The summed E-state index contributed by atoms with van der Waals surface area (Å²) in [4.78, 5) is 5.73. The Balaban J connectivity index is 2.30. The predicted octanol–water partition coefficient (Wildman–Crippen LogP) is 3.96. The number of thiophene rings is 1. The molecule has 2 heterocycles. The molecule has 4 heteroatoms. The van der Waals surface area contributed by atoms with Gasteiger partial charge in [0.1, 0.15) is 11.6 Å². The van der Waals surface area contributed by atoms with Crippen molar-refractivity contribution in [1.29, 1.82) is 5.26 Å². The standard InChI is InChI=1S/C16H16N2OS/c1-19-16-12(10-17)15(14-8-5-9-20-14)11-6-3-2-4-7-13(11)18-16/h5,8-9H,2-4,6-7H2,1H3. The molecule has 3 nitrogen and oxygen atoms in total. The Hall–Kier alpha value is -1.86. The van der Waals surface area contributed by atoms with Crippen molar-refractivity contribution in [2.24, 2.45) is 0 Å². The Kier molecular flexibility index (Phi) is 3.70. The highest BCUT2D eigenvalue weighted by atomic mass is 32.1. The van der Waals surface area contributed by atoms with Gasteiger partial charge in [0.05, 0.1) is 7.11 Å². The lowest BCUT2D eigenvalue weighted by molar-refractivity contribution is 0.395. The van der Waals surface area contributed by atoms with Crippen LogP contribution in [-0.4, -0.2) is 12.1 Å². The van der Waals surface area contributed by atoms with Gasteiger partial charge in [-0.3, -0.25) is 0 Å². The van der Waals surface area contributed by atoms with Crippen LogP contribution in [0.1, 0.15) is 36.1 Å². The number of pyridine rings is 1. The van der Waals surface area contributed by atoms with E-state index in [1.165, 1.54) is 24.8 Å². The fourth-order valence-electron chi connectivity index (χ4n) is 2.84. The monoisotopic (exact) mass is 284 g/mol. The molecule has 0 unspecified atom stereocenters. The van der Waals surface area contributed by atoms with E-state index in [1.54, 1.807) is 18.4 Å². The van der Waals surface area contributed by atoms with Crippen LogP contribution in [0.5, 0.6) is 5.88 Å². The highest BCUT2D eigenvalue weighted by Crippen LogP contribution is 2.38. The Morgan fingerprint density at radius 1 is 1.30 bits per heavy atom. The van der Waals surface area contributed by atoms with Crippen molar-refractivity contribution in [2.45, 2.75) is 32.1 Å². The molecule has 1 aliphatic carbocycles. The van der Waals surface area contributed by atoms with Gasteiger partial charge in [-0.25, -0.2) is 4.98 Å². The second-order valence-corrected chi connectivity index (χ2v) is 5.89. The van der Waals surface area contributed by atoms with E-state index in [4.69, 9.17) is 4.74 Å². The van der Waals surface area contributed by atoms with Crippen LogP contribution < -0.4 is 4.74 Å². The van der Waals surface area contributed by atoms with E-state index < -0.39 is 0 Å². The minimum atomic E-state index is 0.469. The molecule has 0 radical (unpaired) electrons. The van der Waals surface area contributed by atoms with Crippen LogP contribution in [0.4, 0.5) is 0 Å². The van der Waals surface area contributed by atoms with Gasteiger partial charge in [-0.15, -0.1) is 11.3 Å². The van der Waals surface area contributed by atoms with Crippen LogP contribution in [0.25, 0.3) is 10.4 Å². The summed E-state index contributed by atoms with van der Waals surface area (Å²) in [6.45, 7) is 0. The first-order valence-electron chi connectivity index (χ1n) is 6.89. The number of fused-ring (bicyclic) bond motifs is 1. The number of aromatic nitrogens is 1. The summed E-state index contributed by atoms with van der Waals surface area (Å²) in [5.41, 5.74) is 3.99. The van der Waals surface area contributed by atoms with Gasteiger partial charge in [-0.2, -0.15) is 5.26 Å². The number of rotatable bonds is 2. The lowest BCUT2D eigenvalue weighted by atomic mass is 9.96. The number of hydrogen-bond donors (Lipinski definition) is 0. The quantitative estimate of drug-likeness (QED) is 0.784. The van der Waals surface area contributed by atoms with Crippen LogP contribution in [0, 0.1) is 11.3 Å². The first-order valence-corrected chi connectivity index (χ1v) is 7.77. The largest absolute Gasteiger partial charge is 0.480 e. The smallest absolute Gasteiger partial charge is 0.232 e. The molecule has 0 saturated heterocycles. The Labute approximate surface area is 122 Å². The Morgan fingerprint density at radius 3 is 2.85 bits per heavy atom. The third-order valence-corrected chi connectivity index (χ3v) is 4.65. The molecule has 0 fully saturated rings. The molecule has 0 aromatic carbocycles. The van der Waals surface area contributed by atoms with E-state index >= 15 is 0 Å². The fraction of sp³-hybridized carbons (Fsp3) is 0.375. The van der Waals surface area contributed by atoms with Crippen molar-refractivity contribution in [3.63, 3.8) is 0 Å². The first-order chi connectivity index (χ1) is 9.85. The van der Waals surface area contributed by atoms with Crippen molar-refractivity contribution in [3.8, 4) is 22.4 Å². The zero-order valence-electron chi connectivity index (χ0n) is 11.5. The molecule has 0 spiro atoms. The van der Waals surface area contributed by atoms with E-state index in [1.807, 2.05) is 11.4 Å². The zero-order chi connectivity index (χ0) is 13.9. The van der Waals surface area contributed by atoms with Gasteiger partial charge in [0.15, 0.2) is 0 Å². The Morgan fingerprint density at radius 2 is 2.15 bits per heavy atom. The van der Waals surface area contributed by atoms with Crippen LogP contribution in [0.15, 0.2) is 17.5 Å². The van der Waals surface area contributed by atoms with Crippen molar-refractivity contribution in [1.82, 2.24) is 4.98 Å². The summed E-state index contributed by atoms with van der Waals surface area (Å²) in [5, 5.41) is 11.6. The van der Waals surface area contributed by atoms with Crippen LogP contribution in [0.3, 0.4) is 0 Å². The lowest BCUT2D eigenvalue weighted by Gasteiger charge is -2.15. The maximum Gasteiger partial charge on any atom is 0.232 e. The zero-order valence-corrected chi connectivity index (χ0v) is 12.3. The highest BCUT2D eigenvalue weighted by Gasteiger charge is 2.23. The SMILES string of the molecule is COc1nc2c(c(-c3cccs3)c1C#N)CCCCC2. The first kappa shape index (κ1) is 13.1. The van der Waals surface area contributed by atoms with Crippen LogP contribution in [-0.2, 0) is 12.8 Å². The summed E-state index contributed by atoms with van der Waals surface area (Å²) in [7, 11) is 1.59. The van der Waals surface area contributed by atoms with Gasteiger partial charge < -0.3 is 4.74 Å². The lowest BCUT2D eigenvalue weighted by Crippen LogP contribution is -2.04. The molecule has 2 aromatic heterocycles. The van der Waals surface area contributed by atoms with Gasteiger partial charge in [0.2, 0.25) is 5.88 Å². The van der Waals surface area contributed by atoms with Crippen LogP contribution in [0.2, 0.25) is 0 Å². The summed E-state index contributed by atoms with van der Waals surface area (Å²) >= 11 is 1.67. The molecule has 0 amide bonds. The summed E-state index contributed by atoms with van der Waals surface area (Å²) in [6, 6.07) is 6.39. The average molecular weight is 284 g/mol. The van der Waals surface area contributed by atoms with Crippen molar-refractivity contribution in [2.75, 3.05) is 7.11 Å². The molecular weight excluding hydrogens is 268 g/mol. The second kappa shape index (κ2) is 5.64. The summed E-state index contributed by atoms with van der Waals surface area (Å²) in [5.74, 6) is 0.469. The molecular formula is C16H16N2OS. The molecule has 0 bridgehead atoms. The Bertz CT molecular complexity index is 656. The third-order valence-electron chi connectivity index (χ3n) is 3.76. The van der Waals surface area contributed by atoms with E-state index in [2.05, 4.69) is 17.1 Å². The van der Waals surface area contributed by atoms with E-state index in [9.17, 15) is 5.26 Å². The molecule has 0 aliphatic heterocycles. The topological polar surface area (TPSA) is 45.9 Å².